The van der Waals surface area contributed by atoms with Crippen molar-refractivity contribution in [3.63, 3.8) is 0 Å². The lowest BCUT2D eigenvalue weighted by atomic mass is 9.85. The third-order valence-electron chi connectivity index (χ3n) is 6.55. The molecule has 36 heavy (non-hydrogen) atoms. The number of rotatable bonds is 10. The summed E-state index contributed by atoms with van der Waals surface area (Å²) in [5, 5.41) is 3.26. The van der Waals surface area contributed by atoms with Gasteiger partial charge in [-0.25, -0.2) is 4.98 Å². The number of imidazole rings is 1. The maximum absolute atomic E-state index is 13.4. The van der Waals surface area contributed by atoms with E-state index in [2.05, 4.69) is 62.3 Å². The first-order valence-electron chi connectivity index (χ1n) is 12.6. The number of nitrogens with zero attached hydrogens (tertiary/aromatic N) is 2. The van der Waals surface area contributed by atoms with Crippen LogP contribution < -0.4 is 14.8 Å². The van der Waals surface area contributed by atoms with Gasteiger partial charge in [-0.1, -0.05) is 71.2 Å². The van der Waals surface area contributed by atoms with Gasteiger partial charge in [-0.2, -0.15) is 0 Å². The Morgan fingerprint density at radius 2 is 2.00 bits per heavy atom. The van der Waals surface area contributed by atoms with Crippen LogP contribution in [0.4, 0.5) is 5.69 Å². The third-order valence-corrected chi connectivity index (χ3v) is 6.55. The van der Waals surface area contributed by atoms with Gasteiger partial charge in [-0.15, -0.1) is 12.4 Å². The smallest absolute Gasteiger partial charge is 0.231 e. The number of para-hydroxylation sites is 1. The molecule has 0 saturated heterocycles. The number of halogens is 1. The molecule has 0 spiro atoms. The van der Waals surface area contributed by atoms with E-state index in [0.29, 0.717) is 13.0 Å². The minimum atomic E-state index is -0.0951. The van der Waals surface area contributed by atoms with Crippen LogP contribution in [0.3, 0.4) is 0 Å². The zero-order valence-corrected chi connectivity index (χ0v) is 22.6. The van der Waals surface area contributed by atoms with E-state index in [1.165, 1.54) is 0 Å². The molecule has 0 fully saturated rings. The van der Waals surface area contributed by atoms with Gasteiger partial charge in [-0.05, 0) is 41.0 Å². The normalized spacial score (nSPS) is 13.2. The fraction of sp³-hybridized carbons (Fsp3) is 0.448. The number of anilines is 1. The quantitative estimate of drug-likeness (QED) is 0.295. The number of carbonyl (C=O) groups is 1. The molecule has 0 bridgehead atoms. The highest BCUT2D eigenvalue weighted by atomic mass is 35.5. The average molecular weight is 512 g/mol. The second-order valence-electron chi connectivity index (χ2n) is 10.4. The van der Waals surface area contributed by atoms with E-state index in [4.69, 9.17) is 9.47 Å². The Kier molecular flexibility index (Phi) is 9.43. The Labute approximate surface area is 220 Å². The van der Waals surface area contributed by atoms with Gasteiger partial charge in [0.25, 0.3) is 0 Å². The first-order chi connectivity index (χ1) is 16.8. The minimum Gasteiger partial charge on any atom is -0.454 e. The summed E-state index contributed by atoms with van der Waals surface area (Å²) in [5.41, 5.74) is 4.10. The van der Waals surface area contributed by atoms with E-state index in [0.717, 1.165) is 59.6 Å². The lowest BCUT2D eigenvalue weighted by Crippen LogP contribution is -2.21. The van der Waals surface area contributed by atoms with Crippen molar-refractivity contribution in [3.05, 3.63) is 71.8 Å². The van der Waals surface area contributed by atoms with Crippen molar-refractivity contribution >= 4 is 24.0 Å². The zero-order valence-electron chi connectivity index (χ0n) is 21.8. The van der Waals surface area contributed by atoms with Gasteiger partial charge in [0, 0.05) is 36.6 Å². The van der Waals surface area contributed by atoms with Gasteiger partial charge >= 0.3 is 0 Å². The highest BCUT2D eigenvalue weighted by Gasteiger charge is 2.26. The van der Waals surface area contributed by atoms with Crippen LogP contribution in [0.5, 0.6) is 11.5 Å². The number of fused-ring (bicyclic) bond motifs is 1. The summed E-state index contributed by atoms with van der Waals surface area (Å²) in [4.78, 5) is 17.6. The number of amides is 1. The summed E-state index contributed by atoms with van der Waals surface area (Å²) in [7, 11) is 0. The molecule has 194 valence electrons. The van der Waals surface area contributed by atoms with Crippen LogP contribution >= 0.6 is 12.4 Å². The molecule has 1 atom stereocenters. The lowest BCUT2D eigenvalue weighted by Gasteiger charge is -2.25. The van der Waals surface area contributed by atoms with Crippen molar-refractivity contribution in [2.24, 2.45) is 0 Å². The van der Waals surface area contributed by atoms with Gasteiger partial charge < -0.3 is 19.4 Å². The minimum absolute atomic E-state index is 0. The summed E-state index contributed by atoms with van der Waals surface area (Å²) >= 11 is 0. The van der Waals surface area contributed by atoms with E-state index < -0.39 is 0 Å². The van der Waals surface area contributed by atoms with E-state index in [9.17, 15) is 4.79 Å². The van der Waals surface area contributed by atoms with E-state index in [1.807, 2.05) is 22.9 Å². The lowest BCUT2D eigenvalue weighted by molar-refractivity contribution is -0.116. The first-order valence-corrected chi connectivity index (χ1v) is 12.6. The fourth-order valence-corrected chi connectivity index (χ4v) is 4.75. The maximum atomic E-state index is 13.4. The van der Waals surface area contributed by atoms with E-state index in [-0.39, 0.29) is 36.4 Å². The van der Waals surface area contributed by atoms with Crippen molar-refractivity contribution in [2.45, 2.75) is 77.7 Å². The molecule has 1 aromatic heterocycles. The molecule has 1 aliphatic rings. The number of ether oxygens (including phenoxy) is 2. The third kappa shape index (κ3) is 6.82. The highest BCUT2D eigenvalue weighted by Crippen LogP contribution is 2.42. The van der Waals surface area contributed by atoms with Gasteiger partial charge in [0.2, 0.25) is 12.7 Å². The van der Waals surface area contributed by atoms with Crippen molar-refractivity contribution in [3.8, 4) is 11.5 Å². The van der Waals surface area contributed by atoms with Gasteiger partial charge in [0.1, 0.15) is 0 Å². The zero-order chi connectivity index (χ0) is 24.8. The number of nitrogens with one attached hydrogen (secondary N) is 1. The average Bonchev–Trinajstić information content (AvgIpc) is 3.49. The molecule has 1 amide bonds. The SMILES string of the molecule is CCCCCC(CC(=O)Nc1cc(Cn2ccnc2)ccc1C(C)(C)C)c1cccc2c1OCO2.Cl. The highest BCUT2D eigenvalue weighted by molar-refractivity contribution is 5.92. The van der Waals surface area contributed by atoms with Crippen LogP contribution in [0.15, 0.2) is 55.1 Å². The molecule has 0 aliphatic carbocycles. The van der Waals surface area contributed by atoms with E-state index >= 15 is 0 Å². The molecule has 0 saturated carbocycles. The van der Waals surface area contributed by atoms with Crippen molar-refractivity contribution < 1.29 is 14.3 Å². The van der Waals surface area contributed by atoms with Crippen molar-refractivity contribution in [1.29, 1.82) is 0 Å². The Bertz CT molecular complexity index is 1140. The molecular formula is C29H38ClN3O3. The van der Waals surface area contributed by atoms with Crippen LogP contribution in [-0.4, -0.2) is 22.3 Å². The molecule has 3 aromatic rings. The predicted molar refractivity (Wildman–Crippen MR) is 146 cm³/mol. The van der Waals surface area contributed by atoms with Gasteiger partial charge in [-0.3, -0.25) is 4.79 Å². The van der Waals surface area contributed by atoms with Crippen molar-refractivity contribution in [1.82, 2.24) is 9.55 Å². The summed E-state index contributed by atoms with van der Waals surface area (Å²) in [6, 6.07) is 12.4. The molecule has 1 unspecified atom stereocenters. The predicted octanol–water partition coefficient (Wildman–Crippen LogP) is 7.07. The van der Waals surface area contributed by atoms with Crippen LogP contribution in [-0.2, 0) is 16.8 Å². The molecule has 0 radical (unpaired) electrons. The second kappa shape index (κ2) is 12.3. The van der Waals surface area contributed by atoms with Crippen LogP contribution in [0.1, 0.15) is 82.4 Å². The number of hydrogen-bond donors (Lipinski definition) is 1. The molecule has 2 aromatic carbocycles. The molecule has 1 aliphatic heterocycles. The number of unbranched alkanes of at least 4 members (excludes halogenated alkanes) is 2. The van der Waals surface area contributed by atoms with Gasteiger partial charge in [0.05, 0.1) is 6.33 Å². The fourth-order valence-electron chi connectivity index (χ4n) is 4.75. The van der Waals surface area contributed by atoms with Crippen LogP contribution in [0, 0.1) is 0 Å². The Morgan fingerprint density at radius 3 is 2.72 bits per heavy atom. The number of hydrogen-bond acceptors (Lipinski definition) is 4. The first kappa shape index (κ1) is 27.6. The Balaban J connectivity index is 0.00000361. The molecular weight excluding hydrogens is 474 g/mol. The number of carbonyl (C=O) groups excluding carboxylic acids is 1. The van der Waals surface area contributed by atoms with Crippen molar-refractivity contribution in [2.75, 3.05) is 12.1 Å². The standard InChI is InChI=1S/C29H37N3O3.ClH/c1-5-6-7-9-22(23-10-8-11-26-28(23)35-20-34-26)17-27(33)31-25-16-21(18-32-15-14-30-19-32)12-13-24(25)29(2,3)4;/h8,10-16,19,22H,5-7,9,17-18,20H2,1-4H3,(H,31,33);1H. The molecule has 2 heterocycles. The summed E-state index contributed by atoms with van der Waals surface area (Å²) in [6.07, 6.45) is 10.2. The van der Waals surface area contributed by atoms with Gasteiger partial charge in [0.15, 0.2) is 11.5 Å². The molecule has 4 rings (SSSR count). The molecule has 6 nitrogen and oxygen atoms in total. The maximum Gasteiger partial charge on any atom is 0.231 e. The summed E-state index contributed by atoms with van der Waals surface area (Å²) in [5.74, 6) is 1.66. The van der Waals surface area contributed by atoms with Crippen LogP contribution in [0.25, 0.3) is 0 Å². The molecule has 1 N–H and O–H groups in total. The molecule has 7 heteroatoms. The Hall–Kier alpha value is -2.99. The second-order valence-corrected chi connectivity index (χ2v) is 10.4. The monoisotopic (exact) mass is 511 g/mol. The Morgan fingerprint density at radius 1 is 1.17 bits per heavy atom. The van der Waals surface area contributed by atoms with Crippen LogP contribution in [0.2, 0.25) is 0 Å². The van der Waals surface area contributed by atoms with E-state index in [1.54, 1.807) is 12.5 Å². The number of benzene rings is 2. The summed E-state index contributed by atoms with van der Waals surface area (Å²) in [6.45, 7) is 9.66. The summed E-state index contributed by atoms with van der Waals surface area (Å²) < 4.78 is 13.4. The largest absolute Gasteiger partial charge is 0.454 e. The number of aromatic nitrogens is 2. The topological polar surface area (TPSA) is 65.4 Å².